The highest BCUT2D eigenvalue weighted by Crippen LogP contribution is 2.26. The van der Waals surface area contributed by atoms with Crippen molar-refractivity contribution in [3.63, 3.8) is 0 Å². The minimum atomic E-state index is -0.169. The fourth-order valence-corrected chi connectivity index (χ4v) is 3.91. The standard InChI is InChI=1S/C26H25N3O2S/c1-2-3-17-27-26(30)24-15-13-22(31-24)18-32-25-16-14-23(28-29-25)21-11-9-20(10-12-21)19-7-5-4-6-8-19/h4-16H,2-3,17-18H2,1H3,(H,27,30). The minimum Gasteiger partial charge on any atom is -0.455 e. The maximum absolute atomic E-state index is 12.0. The number of unbranched alkanes of at least 4 members (excludes halogenated alkanes) is 1. The normalized spacial score (nSPS) is 10.8. The molecule has 0 aliphatic heterocycles. The van der Waals surface area contributed by atoms with E-state index in [1.54, 1.807) is 6.07 Å². The Balaban J connectivity index is 1.33. The first kappa shape index (κ1) is 21.8. The lowest BCUT2D eigenvalue weighted by Crippen LogP contribution is -2.23. The molecule has 0 atom stereocenters. The summed E-state index contributed by atoms with van der Waals surface area (Å²) in [5, 5.41) is 12.4. The lowest BCUT2D eigenvalue weighted by molar-refractivity contribution is 0.0924. The highest BCUT2D eigenvalue weighted by molar-refractivity contribution is 7.98. The summed E-state index contributed by atoms with van der Waals surface area (Å²) in [6.07, 6.45) is 2.00. The molecule has 0 bridgehead atoms. The molecule has 0 aliphatic rings. The quantitative estimate of drug-likeness (QED) is 0.245. The van der Waals surface area contributed by atoms with Crippen LogP contribution in [-0.2, 0) is 5.75 Å². The zero-order valence-corrected chi connectivity index (χ0v) is 18.8. The predicted octanol–water partition coefficient (Wildman–Crippen LogP) is 6.23. The van der Waals surface area contributed by atoms with Gasteiger partial charge in [0.1, 0.15) is 10.8 Å². The second-order valence-corrected chi connectivity index (χ2v) is 8.36. The van der Waals surface area contributed by atoms with Crippen LogP contribution < -0.4 is 5.32 Å². The lowest BCUT2D eigenvalue weighted by Gasteiger charge is -2.05. The SMILES string of the molecule is CCCCNC(=O)c1ccc(CSc2ccc(-c3ccc(-c4ccccc4)cc3)nn2)o1. The number of amides is 1. The molecule has 162 valence electrons. The molecule has 2 aromatic carbocycles. The van der Waals surface area contributed by atoms with Crippen molar-refractivity contribution >= 4 is 17.7 Å². The van der Waals surface area contributed by atoms with Crippen molar-refractivity contribution in [1.82, 2.24) is 15.5 Å². The average Bonchev–Trinajstić information content (AvgIpc) is 3.33. The van der Waals surface area contributed by atoms with Gasteiger partial charge in [-0.3, -0.25) is 4.79 Å². The minimum absolute atomic E-state index is 0.169. The number of hydrogen-bond acceptors (Lipinski definition) is 5. The van der Waals surface area contributed by atoms with Gasteiger partial charge in [-0.1, -0.05) is 79.7 Å². The van der Waals surface area contributed by atoms with Gasteiger partial charge in [0.25, 0.3) is 5.91 Å². The van der Waals surface area contributed by atoms with Gasteiger partial charge in [-0.15, -0.1) is 10.2 Å². The van der Waals surface area contributed by atoms with E-state index in [4.69, 9.17) is 4.42 Å². The van der Waals surface area contributed by atoms with E-state index in [-0.39, 0.29) is 5.91 Å². The highest BCUT2D eigenvalue weighted by Gasteiger charge is 2.11. The molecule has 1 amide bonds. The van der Waals surface area contributed by atoms with Crippen LogP contribution in [0.2, 0.25) is 0 Å². The second kappa shape index (κ2) is 10.8. The van der Waals surface area contributed by atoms with Crippen LogP contribution in [0.5, 0.6) is 0 Å². The topological polar surface area (TPSA) is 68.0 Å². The van der Waals surface area contributed by atoms with Crippen LogP contribution in [0.3, 0.4) is 0 Å². The summed E-state index contributed by atoms with van der Waals surface area (Å²) < 4.78 is 5.66. The van der Waals surface area contributed by atoms with E-state index in [1.807, 2.05) is 36.4 Å². The van der Waals surface area contributed by atoms with Crippen LogP contribution in [0.4, 0.5) is 0 Å². The Hall–Kier alpha value is -3.38. The van der Waals surface area contributed by atoms with Crippen molar-refractivity contribution in [2.24, 2.45) is 0 Å². The van der Waals surface area contributed by atoms with Crippen LogP contribution in [0.1, 0.15) is 36.1 Å². The summed E-state index contributed by atoms with van der Waals surface area (Å²) >= 11 is 1.52. The molecule has 0 saturated carbocycles. The van der Waals surface area contributed by atoms with Crippen molar-refractivity contribution in [3.05, 3.63) is 90.4 Å². The molecule has 6 heteroatoms. The number of thioether (sulfide) groups is 1. The van der Waals surface area contributed by atoms with Gasteiger partial charge in [-0.05, 0) is 41.8 Å². The Morgan fingerprint density at radius 2 is 1.62 bits per heavy atom. The first-order valence-electron chi connectivity index (χ1n) is 10.7. The van der Waals surface area contributed by atoms with E-state index in [0.29, 0.717) is 18.1 Å². The Morgan fingerprint density at radius 1 is 0.875 bits per heavy atom. The number of rotatable bonds is 9. The third-order valence-corrected chi connectivity index (χ3v) is 5.93. The van der Waals surface area contributed by atoms with Crippen LogP contribution in [0.25, 0.3) is 22.4 Å². The first-order valence-corrected chi connectivity index (χ1v) is 11.7. The summed E-state index contributed by atoms with van der Waals surface area (Å²) in [6, 6.07) is 26.1. The van der Waals surface area contributed by atoms with Gasteiger partial charge in [0.05, 0.1) is 11.4 Å². The third-order valence-electron chi connectivity index (χ3n) is 4.99. The number of carbonyl (C=O) groups is 1. The van der Waals surface area contributed by atoms with E-state index in [0.717, 1.165) is 34.9 Å². The van der Waals surface area contributed by atoms with Crippen LogP contribution in [0.15, 0.2) is 88.3 Å². The van der Waals surface area contributed by atoms with Crippen molar-refractivity contribution < 1.29 is 9.21 Å². The van der Waals surface area contributed by atoms with Crippen LogP contribution >= 0.6 is 11.8 Å². The molecule has 4 rings (SSSR count). The number of carbonyl (C=O) groups excluding carboxylic acids is 1. The molecule has 1 N–H and O–H groups in total. The predicted molar refractivity (Wildman–Crippen MR) is 128 cm³/mol. The summed E-state index contributed by atoms with van der Waals surface area (Å²) in [7, 11) is 0. The van der Waals surface area contributed by atoms with E-state index < -0.39 is 0 Å². The molecule has 0 saturated heterocycles. The van der Waals surface area contributed by atoms with Crippen molar-refractivity contribution in [2.45, 2.75) is 30.5 Å². The van der Waals surface area contributed by atoms with Crippen molar-refractivity contribution in [2.75, 3.05) is 6.54 Å². The monoisotopic (exact) mass is 443 g/mol. The number of furan rings is 1. The van der Waals surface area contributed by atoms with Gasteiger partial charge in [-0.2, -0.15) is 0 Å². The lowest BCUT2D eigenvalue weighted by atomic mass is 10.0. The van der Waals surface area contributed by atoms with E-state index >= 15 is 0 Å². The molecule has 4 aromatic rings. The Morgan fingerprint density at radius 3 is 2.34 bits per heavy atom. The maximum atomic E-state index is 12.0. The molecule has 0 aliphatic carbocycles. The maximum Gasteiger partial charge on any atom is 0.286 e. The fourth-order valence-electron chi connectivity index (χ4n) is 3.20. The average molecular weight is 444 g/mol. The molecule has 0 unspecified atom stereocenters. The number of nitrogens with one attached hydrogen (secondary N) is 1. The summed E-state index contributed by atoms with van der Waals surface area (Å²) in [5.74, 6) is 1.49. The third kappa shape index (κ3) is 5.65. The summed E-state index contributed by atoms with van der Waals surface area (Å²) in [4.78, 5) is 12.0. The van der Waals surface area contributed by atoms with E-state index in [9.17, 15) is 4.79 Å². The van der Waals surface area contributed by atoms with Gasteiger partial charge in [-0.25, -0.2) is 0 Å². The number of nitrogens with zero attached hydrogens (tertiary/aromatic N) is 2. The highest BCUT2D eigenvalue weighted by atomic mass is 32.2. The van der Waals surface area contributed by atoms with Gasteiger partial charge in [0.15, 0.2) is 5.76 Å². The van der Waals surface area contributed by atoms with E-state index in [2.05, 4.69) is 58.8 Å². The molecule has 0 spiro atoms. The molecule has 2 heterocycles. The Bertz CT molecular complexity index is 1140. The molecular formula is C26H25N3O2S. The van der Waals surface area contributed by atoms with E-state index in [1.165, 1.54) is 22.9 Å². The van der Waals surface area contributed by atoms with Crippen LogP contribution in [-0.4, -0.2) is 22.6 Å². The molecular weight excluding hydrogens is 418 g/mol. The molecule has 0 fully saturated rings. The first-order chi connectivity index (χ1) is 15.7. The van der Waals surface area contributed by atoms with Gasteiger partial charge in [0, 0.05) is 12.1 Å². The van der Waals surface area contributed by atoms with Gasteiger partial charge >= 0.3 is 0 Å². The fraction of sp³-hybridized carbons (Fsp3) is 0.192. The number of benzene rings is 2. The number of aromatic nitrogens is 2. The Kier molecular flexibility index (Phi) is 7.35. The zero-order valence-electron chi connectivity index (χ0n) is 18.0. The molecule has 2 aromatic heterocycles. The molecule has 5 nitrogen and oxygen atoms in total. The zero-order chi connectivity index (χ0) is 22.2. The Labute approximate surface area is 192 Å². The molecule has 32 heavy (non-hydrogen) atoms. The largest absolute Gasteiger partial charge is 0.455 e. The van der Waals surface area contributed by atoms with Crippen LogP contribution in [0, 0.1) is 0 Å². The van der Waals surface area contributed by atoms with Crippen molar-refractivity contribution in [1.29, 1.82) is 0 Å². The second-order valence-electron chi connectivity index (χ2n) is 7.36. The summed E-state index contributed by atoms with van der Waals surface area (Å²) in [6.45, 7) is 2.75. The van der Waals surface area contributed by atoms with Crippen molar-refractivity contribution in [3.8, 4) is 22.4 Å². The summed E-state index contributed by atoms with van der Waals surface area (Å²) in [5.41, 5.74) is 4.22. The van der Waals surface area contributed by atoms with Gasteiger partial charge in [0.2, 0.25) is 0 Å². The smallest absolute Gasteiger partial charge is 0.286 e. The molecule has 0 radical (unpaired) electrons. The number of hydrogen-bond donors (Lipinski definition) is 1. The van der Waals surface area contributed by atoms with Gasteiger partial charge < -0.3 is 9.73 Å².